The van der Waals surface area contributed by atoms with E-state index in [4.69, 9.17) is 4.99 Å². The zero-order valence-electron chi connectivity index (χ0n) is 15.4. The Morgan fingerprint density at radius 1 is 1.50 bits per heavy atom. The fourth-order valence-electron chi connectivity index (χ4n) is 3.07. The summed E-state index contributed by atoms with van der Waals surface area (Å²) in [5.41, 5.74) is 1.12. The van der Waals surface area contributed by atoms with E-state index in [1.807, 2.05) is 0 Å². The van der Waals surface area contributed by atoms with E-state index in [1.165, 1.54) is 32.5 Å². The summed E-state index contributed by atoms with van der Waals surface area (Å²) in [6.45, 7) is 12.7. The Labute approximate surface area is 168 Å². The van der Waals surface area contributed by atoms with Gasteiger partial charge in [-0.2, -0.15) is 0 Å². The summed E-state index contributed by atoms with van der Waals surface area (Å²) in [5.74, 6) is 1.69. The zero-order valence-corrected chi connectivity index (χ0v) is 18.6. The molecule has 138 valence electrons. The van der Waals surface area contributed by atoms with Crippen LogP contribution in [0.15, 0.2) is 10.4 Å². The normalized spacial score (nSPS) is 18.5. The van der Waals surface area contributed by atoms with Gasteiger partial charge in [0.1, 0.15) is 0 Å². The predicted octanol–water partition coefficient (Wildman–Crippen LogP) is 3.20. The molecule has 0 amide bonds. The minimum Gasteiger partial charge on any atom is -0.357 e. The van der Waals surface area contributed by atoms with Gasteiger partial charge in [0.25, 0.3) is 0 Å². The number of halogens is 1. The van der Waals surface area contributed by atoms with Crippen LogP contribution in [0.5, 0.6) is 0 Å². The molecule has 2 heterocycles. The molecule has 1 atom stereocenters. The van der Waals surface area contributed by atoms with Crippen molar-refractivity contribution in [2.45, 2.75) is 40.2 Å². The highest BCUT2D eigenvalue weighted by atomic mass is 127. The molecule has 1 fully saturated rings. The van der Waals surface area contributed by atoms with Gasteiger partial charge in [-0.3, -0.25) is 4.99 Å². The number of thiazole rings is 1. The molecule has 1 aromatic heterocycles. The molecule has 1 saturated heterocycles. The van der Waals surface area contributed by atoms with Crippen molar-refractivity contribution in [2.75, 3.05) is 39.8 Å². The fraction of sp³-hybridized carbons (Fsp3) is 0.765. The van der Waals surface area contributed by atoms with Crippen LogP contribution in [0.25, 0.3) is 0 Å². The van der Waals surface area contributed by atoms with Crippen LogP contribution in [-0.4, -0.2) is 60.5 Å². The highest BCUT2D eigenvalue weighted by Gasteiger charge is 2.21. The molecular weight excluding hydrogens is 433 g/mol. The van der Waals surface area contributed by atoms with Crippen LogP contribution in [0, 0.1) is 12.8 Å². The minimum absolute atomic E-state index is 0. The van der Waals surface area contributed by atoms with Crippen molar-refractivity contribution in [1.82, 2.24) is 20.1 Å². The van der Waals surface area contributed by atoms with Crippen LogP contribution >= 0.6 is 35.3 Å². The molecule has 0 radical (unpaired) electrons. The second kappa shape index (κ2) is 11.3. The molecule has 0 spiro atoms. The van der Waals surface area contributed by atoms with Crippen LogP contribution in [0.1, 0.15) is 37.4 Å². The first kappa shape index (κ1) is 21.6. The van der Waals surface area contributed by atoms with Gasteiger partial charge in [-0.05, 0) is 45.7 Å². The number of aromatic nitrogens is 1. The molecule has 7 heteroatoms. The molecule has 1 aromatic rings. The third-order valence-corrected chi connectivity index (χ3v) is 4.99. The predicted molar refractivity (Wildman–Crippen MR) is 115 cm³/mol. The van der Waals surface area contributed by atoms with E-state index in [9.17, 15) is 0 Å². The van der Waals surface area contributed by atoms with Crippen LogP contribution in [-0.2, 0) is 6.54 Å². The van der Waals surface area contributed by atoms with E-state index in [0.717, 1.165) is 36.3 Å². The van der Waals surface area contributed by atoms with Crippen molar-refractivity contribution >= 4 is 41.3 Å². The number of aliphatic imine (C=N–C) groups is 1. The quantitative estimate of drug-likeness (QED) is 0.382. The maximum Gasteiger partial charge on any atom is 0.194 e. The second-order valence-corrected chi connectivity index (χ2v) is 7.43. The van der Waals surface area contributed by atoms with Crippen LogP contribution in [0.3, 0.4) is 0 Å². The van der Waals surface area contributed by atoms with Gasteiger partial charge in [0, 0.05) is 32.1 Å². The van der Waals surface area contributed by atoms with Gasteiger partial charge >= 0.3 is 0 Å². The maximum absolute atomic E-state index is 4.87. The SMILES string of the molecule is CCCN1CCC(CN=C(NCC)N(C)Cc2csc(C)n2)C1.I. The lowest BCUT2D eigenvalue weighted by Gasteiger charge is -2.22. The molecule has 5 nitrogen and oxygen atoms in total. The lowest BCUT2D eigenvalue weighted by molar-refractivity contribution is 0.326. The van der Waals surface area contributed by atoms with Crippen molar-refractivity contribution < 1.29 is 0 Å². The maximum atomic E-state index is 4.87. The Bertz CT molecular complexity index is 505. The molecule has 1 aliphatic heterocycles. The standard InChI is InChI=1S/C17H31N5S.HI/c1-5-8-22-9-7-15(11-22)10-19-17(18-6-2)21(4)12-16-13-23-14(3)20-16;/h13,15H,5-12H2,1-4H3,(H,18,19);1H. The van der Waals surface area contributed by atoms with E-state index >= 15 is 0 Å². The molecule has 2 rings (SSSR count). The summed E-state index contributed by atoms with van der Waals surface area (Å²) in [7, 11) is 2.09. The van der Waals surface area contributed by atoms with Gasteiger partial charge in [-0.15, -0.1) is 35.3 Å². The van der Waals surface area contributed by atoms with Crippen molar-refractivity contribution in [3.8, 4) is 0 Å². The average Bonchev–Trinajstić information content (AvgIpc) is 3.13. The van der Waals surface area contributed by atoms with Gasteiger partial charge in [0.15, 0.2) is 5.96 Å². The molecule has 1 unspecified atom stereocenters. The number of nitrogens with zero attached hydrogens (tertiary/aromatic N) is 4. The van der Waals surface area contributed by atoms with Crippen molar-refractivity contribution in [2.24, 2.45) is 10.9 Å². The van der Waals surface area contributed by atoms with E-state index in [-0.39, 0.29) is 24.0 Å². The van der Waals surface area contributed by atoms with E-state index < -0.39 is 0 Å². The summed E-state index contributed by atoms with van der Waals surface area (Å²) in [6, 6.07) is 0. The Hall–Kier alpha value is -0.410. The smallest absolute Gasteiger partial charge is 0.194 e. The Morgan fingerprint density at radius 3 is 2.92 bits per heavy atom. The third-order valence-electron chi connectivity index (χ3n) is 4.17. The number of rotatable bonds is 7. The molecule has 1 aliphatic rings. The van der Waals surface area contributed by atoms with E-state index in [1.54, 1.807) is 11.3 Å². The van der Waals surface area contributed by atoms with Crippen LogP contribution in [0.4, 0.5) is 0 Å². The number of hydrogen-bond acceptors (Lipinski definition) is 4. The van der Waals surface area contributed by atoms with Crippen LogP contribution < -0.4 is 5.32 Å². The first-order chi connectivity index (χ1) is 11.1. The van der Waals surface area contributed by atoms with Gasteiger partial charge < -0.3 is 15.1 Å². The number of hydrogen-bond donors (Lipinski definition) is 1. The van der Waals surface area contributed by atoms with Crippen molar-refractivity contribution in [1.29, 1.82) is 0 Å². The highest BCUT2D eigenvalue weighted by Crippen LogP contribution is 2.17. The first-order valence-electron chi connectivity index (χ1n) is 8.75. The average molecular weight is 465 g/mol. The largest absolute Gasteiger partial charge is 0.357 e. The monoisotopic (exact) mass is 465 g/mol. The van der Waals surface area contributed by atoms with Gasteiger partial charge in [-0.25, -0.2) is 4.98 Å². The number of aryl methyl sites for hydroxylation is 1. The molecule has 0 aliphatic carbocycles. The number of nitrogens with one attached hydrogen (secondary N) is 1. The summed E-state index contributed by atoms with van der Waals surface area (Å²) in [4.78, 5) is 14.2. The Morgan fingerprint density at radius 2 is 2.29 bits per heavy atom. The van der Waals surface area contributed by atoms with Crippen molar-refractivity contribution in [3.63, 3.8) is 0 Å². The second-order valence-electron chi connectivity index (χ2n) is 6.36. The molecule has 0 saturated carbocycles. The van der Waals surface area contributed by atoms with Crippen molar-refractivity contribution in [3.05, 3.63) is 16.1 Å². The van der Waals surface area contributed by atoms with Gasteiger partial charge in [0.05, 0.1) is 17.2 Å². The summed E-state index contributed by atoms with van der Waals surface area (Å²) in [5, 5.41) is 6.66. The van der Waals surface area contributed by atoms with Gasteiger partial charge in [0.2, 0.25) is 0 Å². The number of likely N-dealkylation sites (tertiary alicyclic amines) is 1. The topological polar surface area (TPSA) is 43.8 Å². The highest BCUT2D eigenvalue weighted by molar-refractivity contribution is 14.0. The van der Waals surface area contributed by atoms with E-state index in [2.05, 4.69) is 53.3 Å². The summed E-state index contributed by atoms with van der Waals surface area (Å²) in [6.07, 6.45) is 2.52. The Kier molecular flexibility index (Phi) is 10.1. The molecule has 24 heavy (non-hydrogen) atoms. The van der Waals surface area contributed by atoms with Gasteiger partial charge in [-0.1, -0.05) is 6.92 Å². The zero-order chi connectivity index (χ0) is 16.7. The first-order valence-corrected chi connectivity index (χ1v) is 9.63. The summed E-state index contributed by atoms with van der Waals surface area (Å²) >= 11 is 1.71. The number of guanidine groups is 1. The third kappa shape index (κ3) is 6.84. The van der Waals surface area contributed by atoms with Crippen LogP contribution in [0.2, 0.25) is 0 Å². The van der Waals surface area contributed by atoms with E-state index in [0.29, 0.717) is 5.92 Å². The minimum atomic E-state index is 0. The fourth-order valence-corrected chi connectivity index (χ4v) is 3.67. The molecule has 1 N–H and O–H groups in total. The lowest BCUT2D eigenvalue weighted by Crippen LogP contribution is -2.39. The Balaban J connectivity index is 0.00000288. The molecule has 0 aromatic carbocycles. The lowest BCUT2D eigenvalue weighted by atomic mass is 10.1. The molecular formula is C17H32IN5S. The summed E-state index contributed by atoms with van der Waals surface area (Å²) < 4.78 is 0. The molecule has 0 bridgehead atoms.